The number of benzene rings is 2. The summed E-state index contributed by atoms with van der Waals surface area (Å²) in [5, 5.41) is 11.9. The van der Waals surface area contributed by atoms with Crippen molar-refractivity contribution in [3.05, 3.63) is 60.2 Å². The summed E-state index contributed by atoms with van der Waals surface area (Å²) < 4.78 is 0. The summed E-state index contributed by atoms with van der Waals surface area (Å²) >= 11 is 0. The highest BCUT2D eigenvalue weighted by atomic mass is 16.1. The van der Waals surface area contributed by atoms with Crippen molar-refractivity contribution in [3.8, 4) is 0 Å². The lowest BCUT2D eigenvalue weighted by Gasteiger charge is -2.12. The van der Waals surface area contributed by atoms with E-state index in [-0.39, 0.29) is 17.2 Å². The zero-order valence-corrected chi connectivity index (χ0v) is 13.5. The van der Waals surface area contributed by atoms with Crippen LogP contribution in [0.4, 0.5) is 11.4 Å². The number of carbonyl (C=O) groups is 1. The fourth-order valence-corrected chi connectivity index (χ4v) is 1.99. The lowest BCUT2D eigenvalue weighted by Crippen LogP contribution is -2.23. The van der Waals surface area contributed by atoms with Crippen molar-refractivity contribution < 1.29 is 4.79 Å². The molecule has 0 amide bonds. The summed E-state index contributed by atoms with van der Waals surface area (Å²) in [7, 11) is 3.94. The number of hydrogen-bond donors (Lipinski definition) is 2. The second kappa shape index (κ2) is 7.35. The minimum atomic E-state index is -0.268. The van der Waals surface area contributed by atoms with Gasteiger partial charge in [0.2, 0.25) is 5.78 Å². The van der Waals surface area contributed by atoms with Crippen molar-refractivity contribution in [2.24, 2.45) is 5.10 Å². The van der Waals surface area contributed by atoms with Crippen LogP contribution in [0.2, 0.25) is 0 Å². The third kappa shape index (κ3) is 4.26. The third-order valence-corrected chi connectivity index (χ3v) is 3.29. The molecule has 0 aliphatic heterocycles. The Morgan fingerprint density at radius 1 is 1.04 bits per heavy atom. The quantitative estimate of drug-likeness (QED) is 0.488. The van der Waals surface area contributed by atoms with Crippen LogP contribution in [0.5, 0.6) is 0 Å². The van der Waals surface area contributed by atoms with Crippen molar-refractivity contribution in [1.29, 1.82) is 5.41 Å². The molecule has 0 heterocycles. The van der Waals surface area contributed by atoms with Crippen molar-refractivity contribution >= 4 is 28.6 Å². The average Bonchev–Trinajstić information content (AvgIpc) is 2.55. The van der Waals surface area contributed by atoms with Crippen LogP contribution in [-0.4, -0.2) is 31.3 Å². The summed E-state index contributed by atoms with van der Waals surface area (Å²) in [6.07, 6.45) is 0. The molecule has 118 valence electrons. The summed E-state index contributed by atoms with van der Waals surface area (Å²) in [6.45, 7) is 1.55. The van der Waals surface area contributed by atoms with Gasteiger partial charge in [0.05, 0.1) is 11.4 Å². The topological polar surface area (TPSA) is 68.6 Å². The second-order valence-corrected chi connectivity index (χ2v) is 5.33. The summed E-state index contributed by atoms with van der Waals surface area (Å²) in [4.78, 5) is 14.4. The van der Waals surface area contributed by atoms with Gasteiger partial charge < -0.3 is 10.3 Å². The molecule has 0 atom stereocenters. The maximum absolute atomic E-state index is 12.4. The maximum atomic E-state index is 12.4. The first-order valence-corrected chi connectivity index (χ1v) is 7.25. The highest BCUT2D eigenvalue weighted by Crippen LogP contribution is 2.15. The van der Waals surface area contributed by atoms with E-state index in [9.17, 15) is 4.79 Å². The fourth-order valence-electron chi connectivity index (χ4n) is 1.99. The zero-order valence-electron chi connectivity index (χ0n) is 13.5. The highest BCUT2D eigenvalue weighted by Gasteiger charge is 2.16. The monoisotopic (exact) mass is 308 g/mol. The SMILES string of the molecule is CC(=N)/C(=N\Nc1ccc(N(C)C)cc1)C(=O)c1ccccc1. The van der Waals surface area contributed by atoms with Crippen LogP contribution in [0.3, 0.4) is 0 Å². The van der Waals surface area contributed by atoms with E-state index in [0.29, 0.717) is 5.56 Å². The van der Waals surface area contributed by atoms with Crippen LogP contribution < -0.4 is 10.3 Å². The molecule has 0 unspecified atom stereocenters. The molecule has 0 aromatic heterocycles. The predicted octanol–water partition coefficient (Wildman–Crippen LogP) is 3.44. The van der Waals surface area contributed by atoms with Crippen molar-refractivity contribution in [2.75, 3.05) is 24.4 Å². The Morgan fingerprint density at radius 2 is 1.65 bits per heavy atom. The van der Waals surface area contributed by atoms with E-state index in [2.05, 4.69) is 10.5 Å². The second-order valence-electron chi connectivity index (χ2n) is 5.33. The van der Waals surface area contributed by atoms with E-state index in [1.807, 2.05) is 49.3 Å². The zero-order chi connectivity index (χ0) is 16.8. The molecule has 0 aliphatic carbocycles. The number of nitrogens with one attached hydrogen (secondary N) is 2. The first-order valence-electron chi connectivity index (χ1n) is 7.25. The molecule has 5 heteroatoms. The highest BCUT2D eigenvalue weighted by molar-refractivity contribution is 6.69. The van der Waals surface area contributed by atoms with Gasteiger partial charge in [-0.1, -0.05) is 30.3 Å². The van der Waals surface area contributed by atoms with Crippen LogP contribution in [0.1, 0.15) is 17.3 Å². The van der Waals surface area contributed by atoms with Gasteiger partial charge in [-0.3, -0.25) is 10.2 Å². The van der Waals surface area contributed by atoms with Gasteiger partial charge in [-0.25, -0.2) is 0 Å². The lowest BCUT2D eigenvalue weighted by atomic mass is 10.0. The standard InChI is InChI=1S/C18H20N4O/c1-13(19)17(18(23)14-7-5-4-6-8-14)21-20-15-9-11-16(12-10-15)22(2)3/h4-12,19-20H,1-3H3/b19-13?,21-17+. The minimum absolute atomic E-state index is 0.105. The van der Waals surface area contributed by atoms with Gasteiger partial charge in [0.15, 0.2) is 5.71 Å². The number of hydrogen-bond acceptors (Lipinski definition) is 5. The van der Waals surface area contributed by atoms with Crippen LogP contribution >= 0.6 is 0 Å². The molecule has 0 bridgehead atoms. The van der Waals surface area contributed by atoms with E-state index in [1.165, 1.54) is 0 Å². The molecule has 2 rings (SSSR count). The molecule has 0 saturated heterocycles. The minimum Gasteiger partial charge on any atom is -0.378 e. The molecule has 0 fully saturated rings. The summed E-state index contributed by atoms with van der Waals surface area (Å²) in [5.74, 6) is -0.268. The third-order valence-electron chi connectivity index (χ3n) is 3.29. The predicted molar refractivity (Wildman–Crippen MR) is 96.0 cm³/mol. The van der Waals surface area contributed by atoms with E-state index >= 15 is 0 Å². The van der Waals surface area contributed by atoms with Gasteiger partial charge in [-0.15, -0.1) is 0 Å². The van der Waals surface area contributed by atoms with Crippen molar-refractivity contribution in [3.63, 3.8) is 0 Å². The lowest BCUT2D eigenvalue weighted by molar-refractivity contribution is 0.106. The van der Waals surface area contributed by atoms with Gasteiger partial charge >= 0.3 is 0 Å². The van der Waals surface area contributed by atoms with Gasteiger partial charge in [0, 0.05) is 25.3 Å². The Hall–Kier alpha value is -2.95. The van der Waals surface area contributed by atoms with E-state index in [4.69, 9.17) is 5.41 Å². The number of carbonyl (C=O) groups excluding carboxylic acids is 1. The Labute approximate surface area is 136 Å². The van der Waals surface area contributed by atoms with E-state index in [1.54, 1.807) is 31.2 Å². The number of ketones is 1. The first kappa shape index (κ1) is 16.4. The average molecular weight is 308 g/mol. The van der Waals surface area contributed by atoms with Gasteiger partial charge in [-0.2, -0.15) is 5.10 Å². The molecule has 5 nitrogen and oxygen atoms in total. The summed E-state index contributed by atoms with van der Waals surface area (Å²) in [5.41, 5.74) is 5.43. The maximum Gasteiger partial charge on any atom is 0.215 e. The molecule has 0 saturated carbocycles. The number of nitrogens with zero attached hydrogens (tertiary/aromatic N) is 2. The summed E-state index contributed by atoms with van der Waals surface area (Å²) in [6, 6.07) is 16.5. The number of hydrazone groups is 1. The Balaban J connectivity index is 2.19. The van der Waals surface area contributed by atoms with E-state index in [0.717, 1.165) is 11.4 Å². The van der Waals surface area contributed by atoms with Crippen LogP contribution in [-0.2, 0) is 0 Å². The van der Waals surface area contributed by atoms with Crippen molar-refractivity contribution in [2.45, 2.75) is 6.92 Å². The number of anilines is 2. The number of Topliss-reactive ketones (excluding diaryl/α,β-unsaturated/α-hetero) is 1. The molecule has 0 radical (unpaired) electrons. The Bertz CT molecular complexity index is 718. The smallest absolute Gasteiger partial charge is 0.215 e. The molecule has 2 aromatic rings. The van der Waals surface area contributed by atoms with Gasteiger partial charge in [0.25, 0.3) is 0 Å². The molecule has 0 spiro atoms. The number of rotatable bonds is 6. The molecule has 0 aliphatic rings. The molecular formula is C18H20N4O. The van der Waals surface area contributed by atoms with Crippen LogP contribution in [0, 0.1) is 5.41 Å². The Morgan fingerprint density at radius 3 is 2.17 bits per heavy atom. The van der Waals surface area contributed by atoms with Crippen LogP contribution in [0.15, 0.2) is 59.7 Å². The first-order chi connectivity index (χ1) is 11.0. The molecular weight excluding hydrogens is 288 g/mol. The normalized spacial score (nSPS) is 11.0. The molecule has 23 heavy (non-hydrogen) atoms. The van der Waals surface area contributed by atoms with Crippen LogP contribution in [0.25, 0.3) is 0 Å². The van der Waals surface area contributed by atoms with E-state index < -0.39 is 0 Å². The Kier molecular flexibility index (Phi) is 5.25. The van der Waals surface area contributed by atoms with Gasteiger partial charge in [-0.05, 0) is 31.2 Å². The fraction of sp³-hybridized carbons (Fsp3) is 0.167. The molecule has 2 aromatic carbocycles. The largest absolute Gasteiger partial charge is 0.378 e. The van der Waals surface area contributed by atoms with Gasteiger partial charge in [0.1, 0.15) is 0 Å². The molecule has 2 N–H and O–H groups in total. The van der Waals surface area contributed by atoms with Crippen molar-refractivity contribution in [1.82, 2.24) is 0 Å².